The van der Waals surface area contributed by atoms with Crippen LogP contribution in [0.2, 0.25) is 0 Å². The fraction of sp³-hybridized carbons (Fsp3) is 1.00. The predicted molar refractivity (Wildman–Crippen MR) is 292 cm³/mol. The molecule has 2 fully saturated rings. The van der Waals surface area contributed by atoms with E-state index in [2.05, 4.69) is 191 Å². The minimum Gasteiger partial charge on any atom is -0.314 e. The number of hydrogen-bond donors (Lipinski definition) is 1. The van der Waals surface area contributed by atoms with Gasteiger partial charge in [-0.15, -0.1) is 0 Å². The van der Waals surface area contributed by atoms with Gasteiger partial charge in [-0.1, -0.05) is 191 Å². The van der Waals surface area contributed by atoms with Crippen molar-refractivity contribution in [3.63, 3.8) is 0 Å². The van der Waals surface area contributed by atoms with E-state index in [1.54, 1.807) is 0 Å². The summed E-state index contributed by atoms with van der Waals surface area (Å²) in [5.74, 6) is 1.75. The molecule has 2 aliphatic carbocycles. The van der Waals surface area contributed by atoms with E-state index >= 15 is 0 Å². The first kappa shape index (κ1) is 67.1. The maximum Gasteiger partial charge on any atom is 0.00953 e. The van der Waals surface area contributed by atoms with Crippen LogP contribution in [0.3, 0.4) is 0 Å². The fourth-order valence-electron chi connectivity index (χ4n) is 9.05. The number of hydrogen-bond acceptors (Lipinski definition) is 5. The van der Waals surface area contributed by atoms with Crippen LogP contribution in [0.25, 0.3) is 0 Å². The molecule has 1 atom stereocenters. The van der Waals surface area contributed by atoms with Crippen LogP contribution >= 0.6 is 0 Å². The summed E-state index contributed by atoms with van der Waals surface area (Å²) in [6.07, 6.45) is 19.7. The normalized spacial score (nSPS) is 16.3. The van der Waals surface area contributed by atoms with Crippen molar-refractivity contribution in [3.8, 4) is 0 Å². The van der Waals surface area contributed by atoms with E-state index in [-0.39, 0.29) is 0 Å². The van der Waals surface area contributed by atoms with Crippen LogP contribution in [-0.2, 0) is 0 Å². The molecule has 0 radical (unpaired) electrons. The highest BCUT2D eigenvalue weighted by atomic mass is 15.2. The Bertz CT molecular complexity index is 971. The second-order valence-corrected chi connectivity index (χ2v) is 26.8. The molecule has 2 aliphatic rings. The Labute approximate surface area is 402 Å². The lowest BCUT2D eigenvalue weighted by atomic mass is 9.88. The molecule has 0 bridgehead atoms. The number of nitrogens with one attached hydrogen (secondary N) is 1. The Balaban J connectivity index is -0.000000718. The van der Waals surface area contributed by atoms with Crippen molar-refractivity contribution in [2.24, 2.45) is 38.9 Å². The van der Waals surface area contributed by atoms with Gasteiger partial charge in [0, 0.05) is 38.3 Å². The molecule has 0 amide bonds. The quantitative estimate of drug-likeness (QED) is 0.131. The van der Waals surface area contributed by atoms with Gasteiger partial charge in [0.25, 0.3) is 0 Å². The summed E-state index contributed by atoms with van der Waals surface area (Å²) in [5.41, 5.74) is 2.31. The van der Waals surface area contributed by atoms with Gasteiger partial charge in [0.15, 0.2) is 0 Å². The lowest BCUT2D eigenvalue weighted by molar-refractivity contribution is 0.117. The number of nitrogens with zero attached hydrogens (tertiary/aromatic N) is 4. The van der Waals surface area contributed by atoms with Crippen molar-refractivity contribution in [1.82, 2.24) is 24.9 Å². The maximum absolute atomic E-state index is 3.54. The van der Waals surface area contributed by atoms with Gasteiger partial charge in [-0.05, 0) is 150 Å². The molecule has 0 saturated heterocycles. The van der Waals surface area contributed by atoms with Crippen molar-refractivity contribution in [2.45, 2.75) is 261 Å². The topological polar surface area (TPSA) is 25.0 Å². The van der Waals surface area contributed by atoms with Crippen molar-refractivity contribution >= 4 is 0 Å². The average molecular weight is 895 g/mol. The summed E-state index contributed by atoms with van der Waals surface area (Å²) in [4.78, 5) is 10.2. The van der Waals surface area contributed by atoms with Gasteiger partial charge in [0.05, 0.1) is 0 Å². The first-order valence-corrected chi connectivity index (χ1v) is 27.4. The fourth-order valence-corrected chi connectivity index (χ4v) is 9.05. The number of unbranched alkanes of at least 4 members (excludes halogenated alkanes) is 1. The molecule has 1 N–H and O–H groups in total. The summed E-state index contributed by atoms with van der Waals surface area (Å²) in [6, 6.07) is 1.53. The molecule has 2 rings (SSSR count). The van der Waals surface area contributed by atoms with Gasteiger partial charge >= 0.3 is 0 Å². The summed E-state index contributed by atoms with van der Waals surface area (Å²) in [6.45, 7) is 66.3. The van der Waals surface area contributed by atoms with Crippen molar-refractivity contribution in [1.29, 1.82) is 0 Å². The first-order valence-electron chi connectivity index (χ1n) is 27.4. The van der Waals surface area contributed by atoms with Gasteiger partial charge in [0.1, 0.15) is 0 Å². The Kier molecular flexibility index (Phi) is 38.2. The first-order chi connectivity index (χ1) is 28.8. The van der Waals surface area contributed by atoms with Crippen LogP contribution in [0.4, 0.5) is 0 Å². The summed E-state index contributed by atoms with van der Waals surface area (Å²) in [5, 5.41) is 3.54. The molecule has 0 aliphatic heterocycles. The SMILES string of the molecule is CC(C)CNC(C)CC(C)(C)C.CCCCN(C)CCCC(C)(C)C.CCN(CC(C)(C)C)C1CCCCC1.CCN(CC)CC(C)(C)C.CCN(CC1CCCC1)CC(C)(C)C. The van der Waals surface area contributed by atoms with E-state index < -0.39 is 0 Å². The Morgan fingerprint density at radius 3 is 1.32 bits per heavy atom. The molecular weight excluding hydrogens is 767 g/mol. The third-order valence-corrected chi connectivity index (χ3v) is 12.1. The van der Waals surface area contributed by atoms with Crippen LogP contribution in [0.5, 0.6) is 0 Å². The summed E-state index contributed by atoms with van der Waals surface area (Å²) in [7, 11) is 2.23. The third kappa shape index (κ3) is 49.5. The molecule has 0 aromatic heterocycles. The van der Waals surface area contributed by atoms with Crippen molar-refractivity contribution in [2.75, 3.05) is 79.0 Å². The zero-order valence-corrected chi connectivity index (χ0v) is 48.8. The maximum atomic E-state index is 3.54. The van der Waals surface area contributed by atoms with E-state index in [1.165, 1.54) is 155 Å². The van der Waals surface area contributed by atoms with Crippen LogP contribution in [0, 0.1) is 38.9 Å². The Morgan fingerprint density at radius 2 is 0.952 bits per heavy atom. The highest BCUT2D eigenvalue weighted by molar-refractivity contribution is 4.79. The molecule has 2 saturated carbocycles. The Hall–Kier alpha value is -0.200. The summed E-state index contributed by atoms with van der Waals surface area (Å²) >= 11 is 0. The zero-order chi connectivity index (χ0) is 49.5. The molecule has 0 aromatic carbocycles. The monoisotopic (exact) mass is 894 g/mol. The van der Waals surface area contributed by atoms with E-state index in [4.69, 9.17) is 0 Å². The van der Waals surface area contributed by atoms with Crippen LogP contribution in [0.15, 0.2) is 0 Å². The molecule has 1 unspecified atom stereocenters. The van der Waals surface area contributed by atoms with Gasteiger partial charge in [0.2, 0.25) is 0 Å². The van der Waals surface area contributed by atoms with E-state index in [1.807, 2.05) is 0 Å². The van der Waals surface area contributed by atoms with Gasteiger partial charge in [-0.25, -0.2) is 0 Å². The highest BCUT2D eigenvalue weighted by Crippen LogP contribution is 2.28. The zero-order valence-electron chi connectivity index (χ0n) is 48.8. The molecule has 0 spiro atoms. The second kappa shape index (κ2) is 35.9. The van der Waals surface area contributed by atoms with Crippen LogP contribution in [-0.4, -0.2) is 111 Å². The minimum atomic E-state index is 0.448. The van der Waals surface area contributed by atoms with E-state index in [9.17, 15) is 0 Å². The van der Waals surface area contributed by atoms with Gasteiger partial charge < -0.3 is 24.9 Å². The smallest absolute Gasteiger partial charge is 0.00953 e. The van der Waals surface area contributed by atoms with Crippen LogP contribution in [0.1, 0.15) is 249 Å². The molecule has 384 valence electrons. The Morgan fingerprint density at radius 1 is 0.508 bits per heavy atom. The molecule has 63 heavy (non-hydrogen) atoms. The average Bonchev–Trinajstić information content (AvgIpc) is 3.66. The number of rotatable bonds is 20. The molecule has 5 heteroatoms. The van der Waals surface area contributed by atoms with Gasteiger partial charge in [-0.3, -0.25) is 0 Å². The van der Waals surface area contributed by atoms with Crippen molar-refractivity contribution < 1.29 is 0 Å². The molecule has 0 aromatic rings. The van der Waals surface area contributed by atoms with E-state index in [0.717, 1.165) is 24.4 Å². The van der Waals surface area contributed by atoms with Crippen LogP contribution < -0.4 is 5.32 Å². The van der Waals surface area contributed by atoms with Crippen molar-refractivity contribution in [3.05, 3.63) is 0 Å². The lowest BCUT2D eigenvalue weighted by Gasteiger charge is -2.37. The highest BCUT2D eigenvalue weighted by Gasteiger charge is 2.24. The van der Waals surface area contributed by atoms with Gasteiger partial charge in [-0.2, -0.15) is 0 Å². The largest absolute Gasteiger partial charge is 0.314 e. The molecular formula is C58H127N5. The lowest BCUT2D eigenvalue weighted by Crippen LogP contribution is -2.41. The second-order valence-electron chi connectivity index (χ2n) is 26.8. The summed E-state index contributed by atoms with van der Waals surface area (Å²) < 4.78 is 0. The minimum absolute atomic E-state index is 0.448. The predicted octanol–water partition coefficient (Wildman–Crippen LogP) is 16.2. The molecule has 0 heterocycles. The van der Waals surface area contributed by atoms with E-state index in [0.29, 0.717) is 33.1 Å². The standard InChI is InChI=1S/2C13H27N.C12H27N.C11H25N.C9H21N/c1-5-14(11-13(2,3)4)10-12-8-6-7-9-12;1-5-14(11-13(2,3)4)12-9-7-6-8-10-12;1-6-7-10-13(5)11-8-9-12(2,3)4;1-9(2)8-12-10(3)7-11(4,5)6;1-6-10(7-2)8-9(3,4)5/h2*12H,5-11H2,1-4H3;6-11H2,1-5H3;9-10,12H,7-8H2,1-6H3;6-8H2,1-5H3. The third-order valence-electron chi connectivity index (χ3n) is 12.1. The molecule has 5 nitrogen and oxygen atoms in total.